The number of carbonyl (C=O) groups is 1. The van der Waals surface area contributed by atoms with Crippen molar-refractivity contribution in [2.24, 2.45) is 7.05 Å². The van der Waals surface area contributed by atoms with E-state index in [2.05, 4.69) is 55.3 Å². The largest absolute Gasteiger partial charge is 0.384 e. The number of carbonyl (C=O) groups excluding carboxylic acids is 1. The molecule has 1 amide bonds. The molecule has 0 saturated heterocycles. The highest BCUT2D eigenvalue weighted by Crippen LogP contribution is 2.26. The van der Waals surface area contributed by atoms with Gasteiger partial charge in [0.25, 0.3) is 0 Å². The lowest BCUT2D eigenvalue weighted by Gasteiger charge is -2.22. The average molecular weight is 329 g/mol. The fourth-order valence-corrected chi connectivity index (χ4v) is 2.56. The van der Waals surface area contributed by atoms with Gasteiger partial charge in [0.05, 0.1) is 6.61 Å². The summed E-state index contributed by atoms with van der Waals surface area (Å²) in [6.45, 7) is 6.96. The number of aryl methyl sites for hydroxylation is 1. The monoisotopic (exact) mass is 329 g/mol. The Hall–Kier alpha value is -2.14. The van der Waals surface area contributed by atoms with Crippen LogP contribution in [0.5, 0.6) is 0 Å². The highest BCUT2D eigenvalue weighted by Gasteiger charge is 2.21. The van der Waals surface area contributed by atoms with Gasteiger partial charge in [0.15, 0.2) is 0 Å². The summed E-state index contributed by atoms with van der Waals surface area (Å²) >= 11 is 0. The first-order chi connectivity index (χ1) is 11.3. The highest BCUT2D eigenvalue weighted by molar-refractivity contribution is 5.77. The molecule has 1 unspecified atom stereocenters. The molecule has 1 atom stereocenters. The molecule has 0 fully saturated rings. The smallest absolute Gasteiger partial charge is 0.223 e. The lowest BCUT2D eigenvalue weighted by molar-refractivity contribution is -0.122. The van der Waals surface area contributed by atoms with Gasteiger partial charge in [-0.25, -0.2) is 4.98 Å². The van der Waals surface area contributed by atoms with Gasteiger partial charge >= 0.3 is 0 Å². The molecule has 1 aromatic heterocycles. The Morgan fingerprint density at radius 3 is 2.46 bits per heavy atom. The molecule has 130 valence electrons. The van der Waals surface area contributed by atoms with Crippen LogP contribution < -0.4 is 5.32 Å². The zero-order chi connectivity index (χ0) is 17.7. The van der Waals surface area contributed by atoms with Crippen LogP contribution in [0.1, 0.15) is 50.2 Å². The number of nitrogens with zero attached hydrogens (tertiary/aromatic N) is 2. The zero-order valence-corrected chi connectivity index (χ0v) is 15.2. The van der Waals surface area contributed by atoms with Crippen molar-refractivity contribution in [3.05, 3.63) is 53.6 Å². The third-order valence-electron chi connectivity index (χ3n) is 4.07. The second-order valence-electron chi connectivity index (χ2n) is 7.01. The van der Waals surface area contributed by atoms with Gasteiger partial charge in [-0.05, 0) is 16.5 Å². The Morgan fingerprint density at radius 1 is 1.29 bits per heavy atom. The van der Waals surface area contributed by atoms with E-state index < -0.39 is 0 Å². The van der Waals surface area contributed by atoms with Crippen LogP contribution in [0.25, 0.3) is 0 Å². The fraction of sp³-hybridized carbons (Fsp3) is 0.474. The molecule has 0 aliphatic heterocycles. The molecule has 0 saturated carbocycles. The molecule has 0 radical (unpaired) electrons. The quantitative estimate of drug-likeness (QED) is 0.886. The Labute approximate surface area is 144 Å². The van der Waals surface area contributed by atoms with E-state index in [-0.39, 0.29) is 17.4 Å². The van der Waals surface area contributed by atoms with Gasteiger partial charge in [0, 0.05) is 33.0 Å². The molecule has 0 bridgehead atoms. The second-order valence-corrected chi connectivity index (χ2v) is 7.01. The molecule has 24 heavy (non-hydrogen) atoms. The van der Waals surface area contributed by atoms with E-state index in [1.165, 1.54) is 5.56 Å². The lowest BCUT2D eigenvalue weighted by atomic mass is 9.86. The first-order valence-corrected chi connectivity index (χ1v) is 8.19. The molecule has 0 aliphatic rings. The molecule has 2 rings (SSSR count). The third kappa shape index (κ3) is 4.45. The molecule has 0 aliphatic carbocycles. The van der Waals surface area contributed by atoms with E-state index in [1.807, 2.05) is 17.8 Å². The summed E-state index contributed by atoms with van der Waals surface area (Å²) < 4.78 is 6.92. The van der Waals surface area contributed by atoms with Crippen LogP contribution in [0.2, 0.25) is 0 Å². The summed E-state index contributed by atoms with van der Waals surface area (Å²) in [5.41, 5.74) is 2.37. The summed E-state index contributed by atoms with van der Waals surface area (Å²) in [6, 6.07) is 8.09. The predicted molar refractivity (Wildman–Crippen MR) is 94.8 cm³/mol. The van der Waals surface area contributed by atoms with E-state index in [0.29, 0.717) is 13.0 Å². The number of hydrogen-bond donors (Lipinski definition) is 1. The lowest BCUT2D eigenvalue weighted by Crippen LogP contribution is -2.31. The molecule has 5 nitrogen and oxygen atoms in total. The van der Waals surface area contributed by atoms with Crippen LogP contribution in [0, 0.1) is 0 Å². The Morgan fingerprint density at radius 2 is 1.96 bits per heavy atom. The number of benzene rings is 1. The number of ether oxygens (including phenoxy) is 1. The fourth-order valence-electron chi connectivity index (χ4n) is 2.56. The number of aromatic nitrogens is 2. The Bertz CT molecular complexity index is 669. The summed E-state index contributed by atoms with van der Waals surface area (Å²) in [5, 5.41) is 3.07. The normalized spacial score (nSPS) is 12.9. The summed E-state index contributed by atoms with van der Waals surface area (Å²) in [5.74, 6) is 0.758. The number of amides is 1. The van der Waals surface area contributed by atoms with Crippen molar-refractivity contribution in [2.45, 2.75) is 38.6 Å². The van der Waals surface area contributed by atoms with Gasteiger partial charge in [-0.2, -0.15) is 0 Å². The van der Waals surface area contributed by atoms with E-state index in [9.17, 15) is 4.79 Å². The number of hydrogen-bond acceptors (Lipinski definition) is 3. The summed E-state index contributed by atoms with van der Waals surface area (Å²) in [7, 11) is 3.52. The molecule has 0 spiro atoms. The third-order valence-corrected chi connectivity index (χ3v) is 4.07. The average Bonchev–Trinajstić information content (AvgIpc) is 2.96. The minimum Gasteiger partial charge on any atom is -0.384 e. The van der Waals surface area contributed by atoms with Crippen molar-refractivity contribution in [3.8, 4) is 0 Å². The van der Waals surface area contributed by atoms with Crippen molar-refractivity contribution < 1.29 is 9.53 Å². The minimum absolute atomic E-state index is 0.0512. The maximum atomic E-state index is 12.2. The van der Waals surface area contributed by atoms with Crippen LogP contribution in [0.4, 0.5) is 0 Å². The molecule has 1 aromatic carbocycles. The van der Waals surface area contributed by atoms with Crippen LogP contribution in [0.15, 0.2) is 36.7 Å². The highest BCUT2D eigenvalue weighted by atomic mass is 16.5. The molecule has 1 N–H and O–H groups in total. The SMILES string of the molecule is COCCC(=O)NC(c1ccc(C(C)(C)C)cc1)c1nccn1C. The summed E-state index contributed by atoms with van der Waals surface area (Å²) in [6.07, 6.45) is 3.96. The molecule has 1 heterocycles. The zero-order valence-electron chi connectivity index (χ0n) is 15.2. The minimum atomic E-state index is -0.275. The van der Waals surface area contributed by atoms with E-state index in [0.717, 1.165) is 11.4 Å². The molecular weight excluding hydrogens is 302 g/mol. The molecule has 5 heteroatoms. The van der Waals surface area contributed by atoms with Gasteiger partial charge in [-0.15, -0.1) is 0 Å². The topological polar surface area (TPSA) is 56.1 Å². The van der Waals surface area contributed by atoms with Crippen LogP contribution in [-0.4, -0.2) is 29.2 Å². The van der Waals surface area contributed by atoms with E-state index in [4.69, 9.17) is 4.74 Å². The van der Waals surface area contributed by atoms with Crippen molar-refractivity contribution in [3.63, 3.8) is 0 Å². The predicted octanol–water partition coefficient (Wildman–Crippen LogP) is 2.96. The van der Waals surface area contributed by atoms with Crippen LogP contribution in [0.3, 0.4) is 0 Å². The standard InChI is InChI=1S/C19H27N3O2/c1-19(2,3)15-8-6-14(7-9-15)17(18-20-11-12-22(18)4)21-16(23)10-13-24-5/h6-9,11-12,17H,10,13H2,1-5H3,(H,21,23). The number of methoxy groups -OCH3 is 1. The van der Waals surface area contributed by atoms with Crippen molar-refractivity contribution in [1.29, 1.82) is 0 Å². The van der Waals surface area contributed by atoms with Crippen molar-refractivity contribution >= 4 is 5.91 Å². The number of imidazole rings is 1. The molecular formula is C19H27N3O2. The maximum Gasteiger partial charge on any atom is 0.223 e. The van der Waals surface area contributed by atoms with Crippen molar-refractivity contribution in [2.75, 3.05) is 13.7 Å². The number of rotatable bonds is 6. The van der Waals surface area contributed by atoms with Gasteiger partial charge < -0.3 is 14.6 Å². The first kappa shape index (κ1) is 18.2. The van der Waals surface area contributed by atoms with E-state index in [1.54, 1.807) is 13.3 Å². The molecule has 2 aromatic rings. The van der Waals surface area contributed by atoms with E-state index >= 15 is 0 Å². The van der Waals surface area contributed by atoms with Crippen molar-refractivity contribution in [1.82, 2.24) is 14.9 Å². The van der Waals surface area contributed by atoms with Gasteiger partial charge in [0.1, 0.15) is 11.9 Å². The first-order valence-electron chi connectivity index (χ1n) is 8.19. The van der Waals surface area contributed by atoms with Gasteiger partial charge in [-0.3, -0.25) is 4.79 Å². The van der Waals surface area contributed by atoms with Crippen LogP contribution >= 0.6 is 0 Å². The van der Waals surface area contributed by atoms with Gasteiger partial charge in [0.2, 0.25) is 5.91 Å². The second kappa shape index (κ2) is 7.62. The maximum absolute atomic E-state index is 12.2. The van der Waals surface area contributed by atoms with Crippen LogP contribution in [-0.2, 0) is 22.0 Å². The Balaban J connectivity index is 2.29. The Kier molecular flexibility index (Phi) is 5.78. The van der Waals surface area contributed by atoms with Gasteiger partial charge in [-0.1, -0.05) is 45.0 Å². The summed E-state index contributed by atoms with van der Waals surface area (Å²) in [4.78, 5) is 16.6. The number of nitrogens with one attached hydrogen (secondary N) is 1.